The Kier molecular flexibility index (Phi) is 23.2. The number of aliphatic imine (C=N–C) groups is 1. The van der Waals surface area contributed by atoms with Crippen molar-refractivity contribution in [3.05, 3.63) is 148 Å². The van der Waals surface area contributed by atoms with Gasteiger partial charge in [0.1, 0.15) is 19.6 Å². The Balaban J connectivity index is 0.901. The maximum Gasteiger partial charge on any atom is 0.173 e. The first-order valence-electron chi connectivity index (χ1n) is 30.6. The Bertz CT molecular complexity index is 2420. The minimum absolute atomic E-state index is 0.558. The van der Waals surface area contributed by atoms with E-state index in [2.05, 4.69) is 172 Å². The SMILES string of the molecule is C/C=C(\C=C/C=NCCCCCc1cc(CCCCC[n+]2cccc(C3CCCN3C)c2)c(CCCCC[n+]2cccc(C3CCCN3C)c2)cc1CCCCC[n+]1cccc(C2CCCN2C)c1)C1CCCN1C. The monoisotopic (exact) mass is 1020 g/mol. The van der Waals surface area contributed by atoms with E-state index in [-0.39, 0.29) is 0 Å². The zero-order chi connectivity index (χ0) is 52.0. The van der Waals surface area contributed by atoms with E-state index in [1.54, 1.807) is 22.3 Å². The second kappa shape index (κ2) is 30.6. The first-order chi connectivity index (χ1) is 36.8. The highest BCUT2D eigenvalue weighted by Gasteiger charge is 2.27. The predicted octanol–water partition coefficient (Wildman–Crippen LogP) is 12.5. The summed E-state index contributed by atoms with van der Waals surface area (Å²) in [5.74, 6) is 0. The van der Waals surface area contributed by atoms with Crippen LogP contribution >= 0.6 is 0 Å². The van der Waals surface area contributed by atoms with Gasteiger partial charge in [0.15, 0.2) is 37.2 Å². The zero-order valence-corrected chi connectivity index (χ0v) is 47.9. The Morgan fingerprint density at radius 1 is 0.493 bits per heavy atom. The van der Waals surface area contributed by atoms with Crippen LogP contribution in [0.15, 0.2) is 115 Å². The fraction of sp³-hybridized carbons (Fsp3) is 0.612. The first-order valence-corrected chi connectivity index (χ1v) is 30.6. The number of likely N-dealkylation sites (tertiary alicyclic amines) is 4. The van der Waals surface area contributed by atoms with E-state index in [1.807, 2.05) is 6.21 Å². The average molecular weight is 1020 g/mol. The van der Waals surface area contributed by atoms with Crippen molar-refractivity contribution >= 4 is 6.21 Å². The van der Waals surface area contributed by atoms with Crippen molar-refractivity contribution in [1.82, 2.24) is 19.6 Å². The van der Waals surface area contributed by atoms with E-state index in [9.17, 15) is 0 Å². The molecule has 75 heavy (non-hydrogen) atoms. The van der Waals surface area contributed by atoms with Gasteiger partial charge < -0.3 is 0 Å². The zero-order valence-electron chi connectivity index (χ0n) is 47.9. The molecule has 4 aliphatic heterocycles. The van der Waals surface area contributed by atoms with Gasteiger partial charge >= 0.3 is 0 Å². The summed E-state index contributed by atoms with van der Waals surface area (Å²) in [6.07, 6.45) is 53.0. The number of rotatable bonds is 30. The molecule has 0 radical (unpaired) electrons. The van der Waals surface area contributed by atoms with Gasteiger partial charge in [0.25, 0.3) is 0 Å². The van der Waals surface area contributed by atoms with Gasteiger partial charge in [-0.05, 0) is 242 Å². The molecule has 4 saturated heterocycles. The smallest absolute Gasteiger partial charge is 0.173 e. The highest BCUT2D eigenvalue weighted by Crippen LogP contribution is 2.32. The van der Waals surface area contributed by atoms with Gasteiger partial charge in [-0.25, -0.2) is 13.7 Å². The minimum Gasteiger partial charge on any atom is -0.299 e. The fourth-order valence-corrected chi connectivity index (χ4v) is 13.4. The fourth-order valence-electron chi connectivity index (χ4n) is 13.4. The number of hydrogen-bond donors (Lipinski definition) is 0. The summed E-state index contributed by atoms with van der Waals surface area (Å²) in [7, 11) is 9.13. The topological polar surface area (TPSA) is 37.0 Å². The summed E-state index contributed by atoms with van der Waals surface area (Å²) in [5, 5.41) is 0. The lowest BCUT2D eigenvalue weighted by atomic mass is 9.88. The molecule has 0 saturated carbocycles. The Hall–Kier alpha value is -4.34. The second-order valence-electron chi connectivity index (χ2n) is 23.5. The van der Waals surface area contributed by atoms with E-state index >= 15 is 0 Å². The van der Waals surface area contributed by atoms with Crippen LogP contribution in [-0.2, 0) is 45.3 Å². The lowest BCUT2D eigenvalue weighted by Crippen LogP contribution is -2.34. The molecule has 7 heterocycles. The highest BCUT2D eigenvalue weighted by atomic mass is 15.2. The number of allylic oxidation sites excluding steroid dienone is 2. The van der Waals surface area contributed by atoms with Crippen LogP contribution in [0.3, 0.4) is 0 Å². The molecule has 0 aliphatic carbocycles. The number of pyridine rings is 3. The van der Waals surface area contributed by atoms with Crippen LogP contribution < -0.4 is 13.7 Å². The van der Waals surface area contributed by atoms with Crippen molar-refractivity contribution in [2.75, 3.05) is 60.9 Å². The summed E-state index contributed by atoms with van der Waals surface area (Å²) in [6, 6.07) is 21.6. The van der Waals surface area contributed by atoms with E-state index in [0.717, 1.165) is 32.6 Å². The molecule has 1 aromatic carbocycles. The molecule has 8 rings (SSSR count). The normalized spacial score (nSPS) is 21.3. The number of aromatic nitrogens is 3. The van der Waals surface area contributed by atoms with Crippen molar-refractivity contribution in [2.45, 2.75) is 205 Å². The molecule has 8 nitrogen and oxygen atoms in total. The molecule has 0 N–H and O–H groups in total. The first kappa shape index (κ1) is 56.9. The third-order valence-electron chi connectivity index (χ3n) is 17.9. The van der Waals surface area contributed by atoms with E-state index in [4.69, 9.17) is 4.99 Å². The standard InChI is InChI=1S/C67H101N8/c1-6-56(64-35-23-41-69(64)2)31-19-40-68-39-15-7-11-27-57-51-59(29-13-9-17-46-74-49-21-33-62(54-74)66-37-25-43-71(66)4)60(30-14-10-18-47-75-50-22-34-63(55-75)67-38-26-44-72(67)5)52-58(57)28-12-8-16-45-73-48-20-32-61(53-73)65-36-24-42-70(65)3/h6,19-22,31-34,40,48-55,64-67H,7-18,23-30,35-39,41-47H2,1-5H3/q+3/b31-19-,56-6+,68-40?. The molecule has 4 atom stereocenters. The summed E-state index contributed by atoms with van der Waals surface area (Å²) in [5.41, 5.74) is 12.4. The summed E-state index contributed by atoms with van der Waals surface area (Å²) < 4.78 is 7.39. The van der Waals surface area contributed by atoms with Gasteiger partial charge in [0.05, 0.1) is 0 Å². The number of benzene rings is 1. The summed E-state index contributed by atoms with van der Waals surface area (Å²) in [4.78, 5) is 14.9. The van der Waals surface area contributed by atoms with Crippen LogP contribution in [-0.4, -0.2) is 92.8 Å². The van der Waals surface area contributed by atoms with Crippen molar-refractivity contribution in [1.29, 1.82) is 0 Å². The predicted molar refractivity (Wildman–Crippen MR) is 312 cm³/mol. The molecule has 0 amide bonds. The highest BCUT2D eigenvalue weighted by molar-refractivity contribution is 5.72. The van der Waals surface area contributed by atoms with E-state index < -0.39 is 0 Å². The number of nitrogens with zero attached hydrogens (tertiary/aromatic N) is 8. The lowest BCUT2D eigenvalue weighted by Gasteiger charge is -2.20. The van der Waals surface area contributed by atoms with Gasteiger partial charge in [-0.2, -0.15) is 0 Å². The summed E-state index contributed by atoms with van der Waals surface area (Å²) >= 11 is 0. The van der Waals surface area contributed by atoms with Gasteiger partial charge in [-0.15, -0.1) is 0 Å². The number of likely N-dealkylation sites (N-methyl/N-ethyl adjacent to an activating group) is 1. The van der Waals surface area contributed by atoms with Crippen LogP contribution in [0, 0.1) is 0 Å². The minimum atomic E-state index is 0.558. The van der Waals surface area contributed by atoms with Crippen LogP contribution in [0.25, 0.3) is 0 Å². The summed E-state index contributed by atoms with van der Waals surface area (Å²) in [6.45, 7) is 11.3. The average Bonchev–Trinajstić information content (AvgIpc) is 4.26. The van der Waals surface area contributed by atoms with Gasteiger partial charge in [0, 0.05) is 91.1 Å². The molecule has 3 aromatic heterocycles. The molecule has 4 aliphatic rings. The molecule has 406 valence electrons. The van der Waals surface area contributed by atoms with Gasteiger partial charge in [-0.1, -0.05) is 30.7 Å². The molecular formula is C67H101N8+3. The molecule has 0 spiro atoms. The maximum atomic E-state index is 4.83. The lowest BCUT2D eigenvalue weighted by molar-refractivity contribution is -0.698. The quantitative estimate of drug-likeness (QED) is 0.0226. The molecule has 4 fully saturated rings. The van der Waals surface area contributed by atoms with Crippen molar-refractivity contribution in [2.24, 2.45) is 4.99 Å². The van der Waals surface area contributed by atoms with Crippen molar-refractivity contribution in [3.63, 3.8) is 0 Å². The number of aryl methyl sites for hydroxylation is 7. The Morgan fingerprint density at radius 3 is 1.24 bits per heavy atom. The third kappa shape index (κ3) is 17.3. The third-order valence-corrected chi connectivity index (χ3v) is 17.9. The van der Waals surface area contributed by atoms with Crippen LogP contribution in [0.1, 0.15) is 192 Å². The number of hydrogen-bond acceptors (Lipinski definition) is 5. The van der Waals surface area contributed by atoms with Crippen LogP contribution in [0.4, 0.5) is 0 Å². The van der Waals surface area contributed by atoms with E-state index in [1.165, 1.54) is 196 Å². The molecule has 0 bridgehead atoms. The van der Waals surface area contributed by atoms with Crippen molar-refractivity contribution in [3.8, 4) is 0 Å². The molecule has 8 heteroatoms. The number of unbranched alkanes of at least 4 members (excludes halogenated alkanes) is 8. The maximum absolute atomic E-state index is 4.83. The largest absolute Gasteiger partial charge is 0.299 e. The van der Waals surface area contributed by atoms with Crippen molar-refractivity contribution < 1.29 is 13.7 Å². The molecule has 4 aromatic rings. The van der Waals surface area contributed by atoms with Crippen LogP contribution in [0.2, 0.25) is 0 Å². The molecule has 4 unspecified atom stereocenters. The molecular weight excluding hydrogens is 917 g/mol. The second-order valence-corrected chi connectivity index (χ2v) is 23.5. The Morgan fingerprint density at radius 2 is 0.880 bits per heavy atom. The Labute approximate surface area is 456 Å². The van der Waals surface area contributed by atoms with Gasteiger partial charge in [0.2, 0.25) is 0 Å². The van der Waals surface area contributed by atoms with Gasteiger partial charge in [-0.3, -0.25) is 24.6 Å². The van der Waals surface area contributed by atoms with Crippen LogP contribution in [0.5, 0.6) is 0 Å². The van der Waals surface area contributed by atoms with E-state index in [0.29, 0.717) is 24.2 Å².